The Hall–Kier alpha value is -1.78. The van der Waals surface area contributed by atoms with E-state index in [0.717, 1.165) is 30.2 Å². The van der Waals surface area contributed by atoms with Crippen molar-refractivity contribution in [1.29, 1.82) is 0 Å². The van der Waals surface area contributed by atoms with Crippen LogP contribution in [0.15, 0.2) is 45.8 Å². The van der Waals surface area contributed by atoms with Crippen molar-refractivity contribution in [1.82, 2.24) is 15.5 Å². The van der Waals surface area contributed by atoms with Crippen LogP contribution in [0.25, 0.3) is 0 Å². The van der Waals surface area contributed by atoms with Crippen LogP contribution < -0.4 is 15.4 Å². The number of benzene rings is 1. The van der Waals surface area contributed by atoms with Crippen molar-refractivity contribution in [3.8, 4) is 5.75 Å². The predicted octanol–water partition coefficient (Wildman–Crippen LogP) is 3.11. The molecular formula is C22H35IN4O3. The van der Waals surface area contributed by atoms with E-state index in [1.807, 2.05) is 58.3 Å². The van der Waals surface area contributed by atoms with Gasteiger partial charge in [0.15, 0.2) is 5.96 Å². The molecule has 0 fully saturated rings. The molecule has 1 atom stereocenters. The lowest BCUT2D eigenvalue weighted by Crippen LogP contribution is -2.44. The summed E-state index contributed by atoms with van der Waals surface area (Å²) in [6.07, 6.45) is 0. The van der Waals surface area contributed by atoms with Gasteiger partial charge in [0.25, 0.3) is 0 Å². The molecule has 0 saturated heterocycles. The van der Waals surface area contributed by atoms with Gasteiger partial charge in [0, 0.05) is 18.7 Å². The van der Waals surface area contributed by atoms with Crippen LogP contribution in [0.4, 0.5) is 0 Å². The van der Waals surface area contributed by atoms with E-state index >= 15 is 0 Å². The van der Waals surface area contributed by atoms with E-state index in [9.17, 15) is 5.11 Å². The van der Waals surface area contributed by atoms with Gasteiger partial charge in [0.05, 0.1) is 13.1 Å². The van der Waals surface area contributed by atoms with Crippen molar-refractivity contribution < 1.29 is 14.3 Å². The average Bonchev–Trinajstić information content (AvgIpc) is 3.12. The summed E-state index contributed by atoms with van der Waals surface area (Å²) in [5.41, 5.74) is -0.130. The van der Waals surface area contributed by atoms with Gasteiger partial charge in [0.1, 0.15) is 29.5 Å². The molecule has 0 radical (unpaired) electrons. The van der Waals surface area contributed by atoms with E-state index in [0.29, 0.717) is 24.9 Å². The zero-order chi connectivity index (χ0) is 21.3. The lowest BCUT2D eigenvalue weighted by atomic mass is 10.0. The number of furan rings is 1. The Morgan fingerprint density at radius 2 is 1.93 bits per heavy atom. The predicted molar refractivity (Wildman–Crippen MR) is 132 cm³/mol. The van der Waals surface area contributed by atoms with Crippen LogP contribution in [0, 0.1) is 6.92 Å². The van der Waals surface area contributed by atoms with E-state index in [1.54, 1.807) is 13.0 Å². The molecule has 8 heteroatoms. The molecular weight excluding hydrogens is 495 g/mol. The number of rotatable bonds is 10. The molecule has 1 aromatic heterocycles. The van der Waals surface area contributed by atoms with Gasteiger partial charge in [-0.3, -0.25) is 0 Å². The topological polar surface area (TPSA) is 82.3 Å². The standard InChI is InChI=1S/C22H34N4O3.HI/c1-6-23-21(25-16-22(3,27)20-12-11-17(2)29-20)24-15-18-9-7-8-10-19(18)28-14-13-26(4)5;/h7-12,27H,6,13-16H2,1-5H3,(H2,23,24,25);1H. The molecule has 1 heterocycles. The third kappa shape index (κ3) is 8.53. The summed E-state index contributed by atoms with van der Waals surface area (Å²) in [6, 6.07) is 11.6. The first kappa shape index (κ1) is 26.3. The number of hydrogen-bond acceptors (Lipinski definition) is 5. The molecule has 3 N–H and O–H groups in total. The third-order valence-electron chi connectivity index (χ3n) is 4.39. The monoisotopic (exact) mass is 530 g/mol. The van der Waals surface area contributed by atoms with Gasteiger partial charge in [-0.05, 0) is 53.1 Å². The number of halogens is 1. The van der Waals surface area contributed by atoms with Crippen molar-refractivity contribution >= 4 is 29.9 Å². The summed E-state index contributed by atoms with van der Waals surface area (Å²) in [5.74, 6) is 2.76. The van der Waals surface area contributed by atoms with Crippen LogP contribution in [0.2, 0.25) is 0 Å². The highest BCUT2D eigenvalue weighted by Crippen LogP contribution is 2.22. The number of aliphatic imine (C=N–C) groups is 1. The quantitative estimate of drug-likeness (QED) is 0.249. The van der Waals surface area contributed by atoms with E-state index < -0.39 is 5.60 Å². The van der Waals surface area contributed by atoms with E-state index in [1.165, 1.54) is 0 Å². The zero-order valence-corrected chi connectivity index (χ0v) is 20.9. The largest absolute Gasteiger partial charge is 0.492 e. The van der Waals surface area contributed by atoms with Gasteiger partial charge in [-0.25, -0.2) is 4.99 Å². The summed E-state index contributed by atoms with van der Waals surface area (Å²) < 4.78 is 11.5. The number of likely N-dealkylation sites (N-methyl/N-ethyl adjacent to an activating group) is 1. The van der Waals surface area contributed by atoms with Crippen LogP contribution in [-0.2, 0) is 12.1 Å². The van der Waals surface area contributed by atoms with Gasteiger partial charge in [-0.15, -0.1) is 24.0 Å². The Balaban J connectivity index is 0.00000450. The summed E-state index contributed by atoms with van der Waals surface area (Å²) in [7, 11) is 4.04. The number of para-hydroxylation sites is 1. The minimum absolute atomic E-state index is 0. The Labute approximate surface area is 196 Å². The fourth-order valence-corrected chi connectivity index (χ4v) is 2.69. The van der Waals surface area contributed by atoms with Gasteiger partial charge in [-0.1, -0.05) is 18.2 Å². The fourth-order valence-electron chi connectivity index (χ4n) is 2.69. The molecule has 0 aliphatic rings. The second kappa shape index (κ2) is 12.8. The van der Waals surface area contributed by atoms with Crippen LogP contribution >= 0.6 is 24.0 Å². The summed E-state index contributed by atoms with van der Waals surface area (Å²) in [4.78, 5) is 6.74. The molecule has 0 bridgehead atoms. The Bertz CT molecular complexity index is 790. The van der Waals surface area contributed by atoms with Crippen LogP contribution in [0.5, 0.6) is 5.75 Å². The summed E-state index contributed by atoms with van der Waals surface area (Å²) >= 11 is 0. The number of hydrogen-bond donors (Lipinski definition) is 3. The molecule has 0 spiro atoms. The van der Waals surface area contributed by atoms with Crippen molar-refractivity contribution in [3.05, 3.63) is 53.5 Å². The van der Waals surface area contributed by atoms with E-state index in [-0.39, 0.29) is 30.5 Å². The number of nitrogens with zero attached hydrogens (tertiary/aromatic N) is 2. The van der Waals surface area contributed by atoms with Crippen LogP contribution in [-0.4, -0.2) is 56.3 Å². The lowest BCUT2D eigenvalue weighted by Gasteiger charge is -2.23. The second-order valence-electron chi connectivity index (χ2n) is 7.49. The first-order valence-electron chi connectivity index (χ1n) is 9.98. The molecule has 2 rings (SSSR count). The molecule has 30 heavy (non-hydrogen) atoms. The highest BCUT2D eigenvalue weighted by molar-refractivity contribution is 14.0. The second-order valence-corrected chi connectivity index (χ2v) is 7.49. The summed E-state index contributed by atoms with van der Waals surface area (Å²) in [5, 5.41) is 17.1. The average molecular weight is 530 g/mol. The molecule has 0 aliphatic heterocycles. The van der Waals surface area contributed by atoms with Crippen molar-refractivity contribution in [2.24, 2.45) is 4.99 Å². The number of guanidine groups is 1. The van der Waals surface area contributed by atoms with Crippen molar-refractivity contribution in [3.63, 3.8) is 0 Å². The molecule has 0 saturated carbocycles. The SMILES string of the molecule is CCNC(=NCc1ccccc1OCCN(C)C)NCC(C)(O)c1ccc(C)o1.I. The first-order chi connectivity index (χ1) is 13.8. The Kier molecular flexibility index (Phi) is 11.2. The molecule has 0 amide bonds. The number of aliphatic hydroxyl groups is 1. The maximum absolute atomic E-state index is 10.7. The third-order valence-corrected chi connectivity index (χ3v) is 4.39. The Morgan fingerprint density at radius 1 is 1.20 bits per heavy atom. The lowest BCUT2D eigenvalue weighted by molar-refractivity contribution is 0.0378. The fraction of sp³-hybridized carbons (Fsp3) is 0.500. The van der Waals surface area contributed by atoms with Gasteiger partial charge < -0.3 is 29.8 Å². The van der Waals surface area contributed by atoms with E-state index in [4.69, 9.17) is 9.15 Å². The first-order valence-corrected chi connectivity index (χ1v) is 9.98. The Morgan fingerprint density at radius 3 is 2.57 bits per heavy atom. The number of ether oxygens (including phenoxy) is 1. The van der Waals surface area contributed by atoms with Gasteiger partial charge in [0.2, 0.25) is 0 Å². The van der Waals surface area contributed by atoms with Crippen molar-refractivity contribution in [2.75, 3.05) is 40.3 Å². The minimum atomic E-state index is -1.14. The van der Waals surface area contributed by atoms with E-state index in [2.05, 4.69) is 20.5 Å². The normalized spacial score (nSPS) is 13.5. The minimum Gasteiger partial charge on any atom is -0.492 e. The molecule has 2 aromatic rings. The molecule has 1 aromatic carbocycles. The number of aryl methyl sites for hydroxylation is 1. The van der Waals surface area contributed by atoms with Crippen LogP contribution in [0.1, 0.15) is 30.9 Å². The highest BCUT2D eigenvalue weighted by Gasteiger charge is 2.27. The summed E-state index contributed by atoms with van der Waals surface area (Å²) in [6.45, 7) is 8.51. The maximum atomic E-state index is 10.7. The maximum Gasteiger partial charge on any atom is 0.191 e. The molecule has 0 aliphatic carbocycles. The smallest absolute Gasteiger partial charge is 0.191 e. The molecule has 168 valence electrons. The highest BCUT2D eigenvalue weighted by atomic mass is 127. The molecule has 7 nitrogen and oxygen atoms in total. The van der Waals surface area contributed by atoms with Gasteiger partial charge in [-0.2, -0.15) is 0 Å². The number of nitrogens with one attached hydrogen (secondary N) is 2. The zero-order valence-electron chi connectivity index (χ0n) is 18.6. The van der Waals surface area contributed by atoms with Crippen LogP contribution in [0.3, 0.4) is 0 Å². The van der Waals surface area contributed by atoms with Crippen molar-refractivity contribution in [2.45, 2.75) is 32.9 Å². The van der Waals surface area contributed by atoms with Gasteiger partial charge >= 0.3 is 0 Å². The molecule has 1 unspecified atom stereocenters.